The normalized spacial score (nSPS) is 18.8. The summed E-state index contributed by atoms with van der Waals surface area (Å²) in [5, 5.41) is 14.9. The zero-order valence-corrected chi connectivity index (χ0v) is 18.6. The van der Waals surface area contributed by atoms with Gasteiger partial charge in [0.1, 0.15) is 12.4 Å². The molecule has 2 heterocycles. The summed E-state index contributed by atoms with van der Waals surface area (Å²) in [6.07, 6.45) is 4.95. The molecule has 1 aliphatic carbocycles. The van der Waals surface area contributed by atoms with E-state index in [-0.39, 0.29) is 5.91 Å². The Morgan fingerprint density at radius 1 is 1.20 bits per heavy atom. The molecule has 3 rings (SSSR count). The molecule has 1 aliphatic heterocycles. The number of guanidine groups is 1. The van der Waals surface area contributed by atoms with Crippen molar-refractivity contribution in [2.45, 2.75) is 45.2 Å². The van der Waals surface area contributed by atoms with Crippen molar-refractivity contribution in [3.05, 3.63) is 11.6 Å². The molecule has 30 heavy (non-hydrogen) atoms. The van der Waals surface area contributed by atoms with Crippen molar-refractivity contribution in [2.75, 3.05) is 53.0 Å². The first-order chi connectivity index (χ1) is 14.6. The molecule has 0 spiro atoms. The van der Waals surface area contributed by atoms with Crippen LogP contribution >= 0.6 is 0 Å². The van der Waals surface area contributed by atoms with E-state index >= 15 is 0 Å². The Kier molecular flexibility index (Phi) is 8.44. The van der Waals surface area contributed by atoms with Gasteiger partial charge in [0.2, 0.25) is 5.91 Å². The first kappa shape index (κ1) is 22.5. The first-order valence-corrected chi connectivity index (χ1v) is 11.0. The second kappa shape index (κ2) is 11.3. The first-order valence-electron chi connectivity index (χ1n) is 11.0. The minimum absolute atomic E-state index is 0.0520. The summed E-state index contributed by atoms with van der Waals surface area (Å²) in [7, 11) is 3.61. The van der Waals surface area contributed by atoms with Crippen LogP contribution < -0.4 is 10.6 Å². The van der Waals surface area contributed by atoms with Crippen LogP contribution in [0.4, 0.5) is 0 Å². The van der Waals surface area contributed by atoms with Crippen molar-refractivity contribution in [1.82, 2.24) is 35.2 Å². The second-order valence-electron chi connectivity index (χ2n) is 8.09. The molecule has 168 valence electrons. The van der Waals surface area contributed by atoms with Gasteiger partial charge in [0.15, 0.2) is 11.8 Å². The molecule has 1 amide bonds. The van der Waals surface area contributed by atoms with E-state index in [4.69, 9.17) is 9.73 Å². The van der Waals surface area contributed by atoms with Gasteiger partial charge in [-0.2, -0.15) is 0 Å². The number of amides is 1. The lowest BCUT2D eigenvalue weighted by Crippen LogP contribution is -2.55. The second-order valence-corrected chi connectivity index (χ2v) is 8.09. The zero-order chi connectivity index (χ0) is 21.3. The van der Waals surface area contributed by atoms with Crippen LogP contribution in [0, 0.1) is 6.92 Å². The Morgan fingerprint density at radius 2 is 1.93 bits per heavy atom. The highest BCUT2D eigenvalue weighted by Gasteiger charge is 2.24. The van der Waals surface area contributed by atoms with E-state index in [0.29, 0.717) is 32.3 Å². The number of aliphatic imine (C=N–C) groups is 1. The summed E-state index contributed by atoms with van der Waals surface area (Å²) in [4.78, 5) is 21.4. The minimum atomic E-state index is 0.0520. The van der Waals surface area contributed by atoms with E-state index in [9.17, 15) is 4.79 Å². The third-order valence-electron chi connectivity index (χ3n) is 5.91. The van der Waals surface area contributed by atoms with Gasteiger partial charge in [-0.05, 0) is 19.8 Å². The molecule has 10 heteroatoms. The number of aromatic nitrogens is 3. The average molecular weight is 421 g/mol. The van der Waals surface area contributed by atoms with Crippen LogP contribution in [-0.2, 0) is 23.1 Å². The third kappa shape index (κ3) is 6.40. The summed E-state index contributed by atoms with van der Waals surface area (Å²) in [6, 6.07) is 0.495. The molecule has 2 N–H and O–H groups in total. The van der Waals surface area contributed by atoms with Crippen LogP contribution in [0.25, 0.3) is 0 Å². The maximum Gasteiger partial charge on any atom is 0.234 e. The Hall–Kier alpha value is -2.20. The lowest BCUT2D eigenvalue weighted by atomic mass is 10.2. The van der Waals surface area contributed by atoms with Gasteiger partial charge in [-0.15, -0.1) is 10.2 Å². The predicted molar refractivity (Wildman–Crippen MR) is 115 cm³/mol. The van der Waals surface area contributed by atoms with E-state index < -0.39 is 0 Å². The molecule has 1 aromatic heterocycles. The number of hydrogen-bond acceptors (Lipinski definition) is 6. The number of carbonyl (C=O) groups is 1. The highest BCUT2D eigenvalue weighted by molar-refractivity contribution is 5.80. The Morgan fingerprint density at radius 3 is 2.57 bits per heavy atom. The monoisotopic (exact) mass is 420 g/mol. The predicted octanol–water partition coefficient (Wildman–Crippen LogP) is -0.108. The number of rotatable bonds is 8. The molecule has 0 atom stereocenters. The lowest BCUT2D eigenvalue weighted by molar-refractivity contribution is -0.122. The topological polar surface area (TPSA) is 99.9 Å². The molecule has 0 unspecified atom stereocenters. The fraction of sp³-hybridized carbons (Fsp3) is 0.800. The molecular formula is C20H36N8O2. The summed E-state index contributed by atoms with van der Waals surface area (Å²) < 4.78 is 6.96. The van der Waals surface area contributed by atoms with Crippen LogP contribution in [0.3, 0.4) is 0 Å². The molecule has 1 saturated carbocycles. The van der Waals surface area contributed by atoms with Crippen LogP contribution in [-0.4, -0.2) is 95.5 Å². The standard InChI is InChI=1S/C20H36N8O2/c1-16-24-25-18(26(16)2)14-22-20(23-17-6-4-5-7-17)28-11-9-27(10-12-28)15-19(29)21-8-13-30-3/h17H,4-15H2,1-3H3,(H,21,29)(H,22,23). The fourth-order valence-electron chi connectivity index (χ4n) is 3.89. The summed E-state index contributed by atoms with van der Waals surface area (Å²) >= 11 is 0. The van der Waals surface area contributed by atoms with Crippen LogP contribution in [0.5, 0.6) is 0 Å². The summed E-state index contributed by atoms with van der Waals surface area (Å²) in [6.45, 7) is 7.35. The van der Waals surface area contributed by atoms with Gasteiger partial charge >= 0.3 is 0 Å². The molecule has 2 fully saturated rings. The Balaban J connectivity index is 1.55. The molecule has 0 radical (unpaired) electrons. The van der Waals surface area contributed by atoms with Crippen molar-refractivity contribution >= 4 is 11.9 Å². The van der Waals surface area contributed by atoms with Crippen molar-refractivity contribution in [3.8, 4) is 0 Å². The van der Waals surface area contributed by atoms with Crippen LogP contribution in [0.15, 0.2) is 4.99 Å². The van der Waals surface area contributed by atoms with E-state index in [1.807, 2.05) is 18.5 Å². The SMILES string of the molecule is COCCNC(=O)CN1CCN(C(=NCc2nnc(C)n2C)NC2CCCC2)CC1. The van der Waals surface area contributed by atoms with E-state index in [2.05, 4.69) is 30.6 Å². The highest BCUT2D eigenvalue weighted by atomic mass is 16.5. The molecule has 0 aromatic carbocycles. The molecule has 10 nitrogen and oxygen atoms in total. The van der Waals surface area contributed by atoms with Crippen molar-refractivity contribution in [1.29, 1.82) is 0 Å². The number of methoxy groups -OCH3 is 1. The van der Waals surface area contributed by atoms with Crippen molar-refractivity contribution < 1.29 is 9.53 Å². The number of nitrogens with one attached hydrogen (secondary N) is 2. The van der Waals surface area contributed by atoms with E-state index in [1.54, 1.807) is 7.11 Å². The smallest absolute Gasteiger partial charge is 0.234 e. The number of aryl methyl sites for hydroxylation is 1. The maximum atomic E-state index is 12.1. The average Bonchev–Trinajstić information content (AvgIpc) is 3.37. The van der Waals surface area contributed by atoms with Gasteiger partial charge in [0.25, 0.3) is 0 Å². The third-order valence-corrected chi connectivity index (χ3v) is 5.91. The summed E-state index contributed by atoms with van der Waals surface area (Å²) in [5.41, 5.74) is 0. The fourth-order valence-corrected chi connectivity index (χ4v) is 3.89. The molecule has 1 aromatic rings. The largest absolute Gasteiger partial charge is 0.383 e. The van der Waals surface area contributed by atoms with Gasteiger partial charge < -0.3 is 24.8 Å². The number of piperazine rings is 1. The van der Waals surface area contributed by atoms with Gasteiger partial charge in [-0.1, -0.05) is 12.8 Å². The van der Waals surface area contributed by atoms with Gasteiger partial charge in [-0.25, -0.2) is 4.99 Å². The van der Waals surface area contributed by atoms with Crippen LogP contribution in [0.2, 0.25) is 0 Å². The lowest BCUT2D eigenvalue weighted by Gasteiger charge is -2.37. The minimum Gasteiger partial charge on any atom is -0.383 e. The van der Waals surface area contributed by atoms with E-state index in [1.165, 1.54) is 25.7 Å². The van der Waals surface area contributed by atoms with E-state index in [0.717, 1.165) is 43.8 Å². The Bertz CT molecular complexity index is 706. The molecule has 2 aliphatic rings. The number of hydrogen-bond donors (Lipinski definition) is 2. The Labute approximate surface area is 179 Å². The van der Waals surface area contributed by atoms with Gasteiger partial charge in [0.05, 0.1) is 13.2 Å². The van der Waals surface area contributed by atoms with Crippen molar-refractivity contribution in [2.24, 2.45) is 12.0 Å². The maximum absolute atomic E-state index is 12.1. The quantitative estimate of drug-likeness (QED) is 0.344. The van der Waals surface area contributed by atoms with Crippen molar-refractivity contribution in [3.63, 3.8) is 0 Å². The molecule has 1 saturated heterocycles. The summed E-state index contributed by atoms with van der Waals surface area (Å²) in [5.74, 6) is 2.76. The number of nitrogens with zero attached hydrogens (tertiary/aromatic N) is 6. The molecular weight excluding hydrogens is 384 g/mol. The van der Waals surface area contributed by atoms with Crippen LogP contribution in [0.1, 0.15) is 37.3 Å². The highest BCUT2D eigenvalue weighted by Crippen LogP contribution is 2.18. The zero-order valence-electron chi connectivity index (χ0n) is 18.6. The van der Waals surface area contributed by atoms with Gasteiger partial charge in [0, 0.05) is 52.9 Å². The van der Waals surface area contributed by atoms with Gasteiger partial charge in [-0.3, -0.25) is 9.69 Å². The number of ether oxygens (including phenoxy) is 1. The number of carbonyl (C=O) groups excluding carboxylic acids is 1. The molecule has 0 bridgehead atoms.